The number of alkyl carbamates (subject to hydrolysis) is 1. The van der Waals surface area contributed by atoms with Crippen molar-refractivity contribution in [1.29, 1.82) is 0 Å². The number of benzene rings is 1. The van der Waals surface area contributed by atoms with Gasteiger partial charge in [-0.3, -0.25) is 4.79 Å². The van der Waals surface area contributed by atoms with Crippen molar-refractivity contribution < 1.29 is 19.4 Å². The molecule has 1 amide bonds. The summed E-state index contributed by atoms with van der Waals surface area (Å²) in [5.41, 5.74) is 1.97. The van der Waals surface area contributed by atoms with Crippen LogP contribution in [-0.4, -0.2) is 23.8 Å². The van der Waals surface area contributed by atoms with Crippen molar-refractivity contribution in [2.45, 2.75) is 38.6 Å². The highest BCUT2D eigenvalue weighted by atomic mass is 16.5. The van der Waals surface area contributed by atoms with Gasteiger partial charge in [0.2, 0.25) is 0 Å². The van der Waals surface area contributed by atoms with Crippen LogP contribution < -0.4 is 5.32 Å². The molecule has 0 heterocycles. The first kappa shape index (κ1) is 15.4. The molecule has 0 aromatic heterocycles. The first-order valence-corrected chi connectivity index (χ1v) is 7.37. The molecule has 0 spiro atoms. The normalized spacial score (nSPS) is 20.4. The second kappa shape index (κ2) is 7.11. The highest BCUT2D eigenvalue weighted by molar-refractivity contribution is 5.75. The van der Waals surface area contributed by atoms with Crippen LogP contribution in [0, 0.1) is 5.92 Å². The molecule has 0 fully saturated rings. The van der Waals surface area contributed by atoms with Gasteiger partial charge in [0, 0.05) is 0 Å². The number of nitrogens with one attached hydrogen (secondary N) is 1. The molecule has 0 bridgehead atoms. The molecule has 1 aromatic rings. The van der Waals surface area contributed by atoms with Crippen LogP contribution in [0.15, 0.2) is 24.3 Å². The van der Waals surface area contributed by atoms with Crippen LogP contribution in [0.1, 0.15) is 43.4 Å². The number of aliphatic carboxylic acids is 1. The van der Waals surface area contributed by atoms with Gasteiger partial charge < -0.3 is 15.2 Å². The number of carboxylic acids is 1. The summed E-state index contributed by atoms with van der Waals surface area (Å²) in [4.78, 5) is 23.3. The summed E-state index contributed by atoms with van der Waals surface area (Å²) < 4.78 is 5.09. The number of fused-ring (bicyclic) bond motifs is 1. The Kier molecular flexibility index (Phi) is 5.20. The fraction of sp³-hybridized carbons (Fsp3) is 0.500. The van der Waals surface area contributed by atoms with Gasteiger partial charge in [-0.1, -0.05) is 37.6 Å². The summed E-state index contributed by atoms with van der Waals surface area (Å²) >= 11 is 0. The Hall–Kier alpha value is -2.04. The average Bonchev–Trinajstić information content (AvgIpc) is 2.47. The fourth-order valence-corrected chi connectivity index (χ4v) is 2.68. The molecule has 2 unspecified atom stereocenters. The highest BCUT2D eigenvalue weighted by Gasteiger charge is 2.35. The molecule has 0 saturated heterocycles. The van der Waals surface area contributed by atoms with Crippen molar-refractivity contribution in [3.05, 3.63) is 35.4 Å². The van der Waals surface area contributed by atoms with Crippen LogP contribution in [0.25, 0.3) is 0 Å². The lowest BCUT2D eigenvalue weighted by atomic mass is 9.80. The van der Waals surface area contributed by atoms with Crippen molar-refractivity contribution in [3.8, 4) is 0 Å². The van der Waals surface area contributed by atoms with E-state index in [9.17, 15) is 14.7 Å². The standard InChI is InChI=1S/C16H21NO4/c1-2-3-10-21-16(20)17-14-12-7-5-4-6-11(12)8-9-13(14)15(18)19/h4-7,13-14H,2-3,8-10H2,1H3,(H,17,20)(H,18,19). The maximum atomic E-state index is 11.8. The molecular formula is C16H21NO4. The van der Waals surface area contributed by atoms with Gasteiger partial charge in [-0.15, -0.1) is 0 Å². The molecule has 0 radical (unpaired) electrons. The van der Waals surface area contributed by atoms with E-state index in [1.165, 1.54) is 0 Å². The third kappa shape index (κ3) is 3.74. The van der Waals surface area contributed by atoms with Crippen molar-refractivity contribution in [1.82, 2.24) is 5.32 Å². The number of aryl methyl sites for hydroxylation is 1. The maximum absolute atomic E-state index is 11.8. The molecule has 2 rings (SSSR count). The van der Waals surface area contributed by atoms with E-state index in [1.807, 2.05) is 31.2 Å². The number of carbonyl (C=O) groups is 2. The second-order valence-electron chi connectivity index (χ2n) is 5.29. The molecule has 1 aliphatic carbocycles. The number of hydrogen-bond donors (Lipinski definition) is 2. The van der Waals surface area contributed by atoms with Gasteiger partial charge in [-0.2, -0.15) is 0 Å². The molecule has 1 aliphatic rings. The molecule has 2 N–H and O–H groups in total. The van der Waals surface area contributed by atoms with Crippen LogP contribution in [0.2, 0.25) is 0 Å². The number of rotatable bonds is 5. The molecule has 2 atom stereocenters. The van der Waals surface area contributed by atoms with Gasteiger partial charge in [0.05, 0.1) is 18.6 Å². The number of carbonyl (C=O) groups excluding carboxylic acids is 1. The zero-order valence-corrected chi connectivity index (χ0v) is 12.2. The smallest absolute Gasteiger partial charge is 0.407 e. The van der Waals surface area contributed by atoms with Gasteiger partial charge in [-0.05, 0) is 30.4 Å². The Balaban J connectivity index is 2.12. The van der Waals surface area contributed by atoms with E-state index >= 15 is 0 Å². The van der Waals surface area contributed by atoms with E-state index < -0.39 is 24.0 Å². The Morgan fingerprint density at radius 2 is 2.14 bits per heavy atom. The van der Waals surface area contributed by atoms with Gasteiger partial charge in [0.15, 0.2) is 0 Å². The van der Waals surface area contributed by atoms with Crippen LogP contribution in [-0.2, 0) is 16.0 Å². The molecule has 114 valence electrons. The van der Waals surface area contributed by atoms with Crippen LogP contribution >= 0.6 is 0 Å². The Morgan fingerprint density at radius 1 is 1.38 bits per heavy atom. The molecular weight excluding hydrogens is 270 g/mol. The topological polar surface area (TPSA) is 75.6 Å². The summed E-state index contributed by atoms with van der Waals surface area (Å²) in [6.07, 6.45) is 2.44. The third-order valence-electron chi connectivity index (χ3n) is 3.84. The van der Waals surface area contributed by atoms with Crippen molar-refractivity contribution in [2.24, 2.45) is 5.92 Å². The molecule has 5 nitrogen and oxygen atoms in total. The van der Waals surface area contributed by atoms with Crippen LogP contribution in [0.3, 0.4) is 0 Å². The van der Waals surface area contributed by atoms with Crippen LogP contribution in [0.5, 0.6) is 0 Å². The van der Waals surface area contributed by atoms with E-state index in [4.69, 9.17) is 4.74 Å². The van der Waals surface area contributed by atoms with Crippen molar-refractivity contribution in [2.75, 3.05) is 6.61 Å². The number of ether oxygens (including phenoxy) is 1. The first-order chi connectivity index (χ1) is 10.1. The lowest BCUT2D eigenvalue weighted by molar-refractivity contribution is -0.143. The van der Waals surface area contributed by atoms with Gasteiger partial charge in [0.1, 0.15) is 0 Å². The number of carboxylic acid groups (broad SMARTS) is 1. The number of amides is 1. The molecule has 0 saturated carbocycles. The minimum atomic E-state index is -0.886. The number of hydrogen-bond acceptors (Lipinski definition) is 3. The lowest BCUT2D eigenvalue weighted by Crippen LogP contribution is -2.40. The Bertz CT molecular complexity index is 515. The van der Waals surface area contributed by atoms with Crippen molar-refractivity contribution in [3.63, 3.8) is 0 Å². The molecule has 1 aromatic carbocycles. The average molecular weight is 291 g/mol. The SMILES string of the molecule is CCCCOC(=O)NC1c2ccccc2CCC1C(=O)O. The second-order valence-corrected chi connectivity index (χ2v) is 5.29. The quantitative estimate of drug-likeness (QED) is 0.818. The minimum absolute atomic E-state index is 0.356. The zero-order chi connectivity index (χ0) is 15.2. The molecule has 5 heteroatoms. The summed E-state index contributed by atoms with van der Waals surface area (Å²) in [6, 6.07) is 7.12. The van der Waals surface area contributed by atoms with E-state index in [1.54, 1.807) is 0 Å². The van der Waals surface area contributed by atoms with E-state index in [0.717, 1.165) is 30.4 Å². The third-order valence-corrected chi connectivity index (χ3v) is 3.84. The Labute approximate surface area is 124 Å². The van der Waals surface area contributed by atoms with Gasteiger partial charge >= 0.3 is 12.1 Å². The fourth-order valence-electron chi connectivity index (χ4n) is 2.68. The summed E-state index contributed by atoms with van der Waals surface area (Å²) in [5, 5.41) is 12.1. The highest BCUT2D eigenvalue weighted by Crippen LogP contribution is 2.34. The largest absolute Gasteiger partial charge is 0.481 e. The molecule has 0 aliphatic heterocycles. The van der Waals surface area contributed by atoms with Gasteiger partial charge in [0.25, 0.3) is 0 Å². The summed E-state index contributed by atoms with van der Waals surface area (Å²) in [7, 11) is 0. The van der Waals surface area contributed by atoms with E-state index in [0.29, 0.717) is 13.0 Å². The molecule has 21 heavy (non-hydrogen) atoms. The monoisotopic (exact) mass is 291 g/mol. The maximum Gasteiger partial charge on any atom is 0.407 e. The first-order valence-electron chi connectivity index (χ1n) is 7.37. The lowest BCUT2D eigenvalue weighted by Gasteiger charge is -2.31. The van der Waals surface area contributed by atoms with Crippen LogP contribution in [0.4, 0.5) is 4.79 Å². The predicted octanol–water partition coefficient (Wildman–Crippen LogP) is 2.90. The van der Waals surface area contributed by atoms with E-state index in [-0.39, 0.29) is 0 Å². The van der Waals surface area contributed by atoms with E-state index in [2.05, 4.69) is 5.32 Å². The van der Waals surface area contributed by atoms with Crippen molar-refractivity contribution >= 4 is 12.1 Å². The predicted molar refractivity (Wildman–Crippen MR) is 78.0 cm³/mol. The zero-order valence-electron chi connectivity index (χ0n) is 12.2. The van der Waals surface area contributed by atoms with Gasteiger partial charge in [-0.25, -0.2) is 4.79 Å². The Morgan fingerprint density at radius 3 is 2.86 bits per heavy atom. The minimum Gasteiger partial charge on any atom is -0.481 e. The summed E-state index contributed by atoms with van der Waals surface area (Å²) in [6.45, 7) is 2.37. The summed E-state index contributed by atoms with van der Waals surface area (Å²) in [5.74, 6) is -1.50. The number of unbranched alkanes of at least 4 members (excludes halogenated alkanes) is 1.